The first kappa shape index (κ1) is 22.3. The fraction of sp³-hybridized carbons (Fsp3) is 0.455. The molecule has 0 spiro atoms. The number of amides is 1. The van der Waals surface area contributed by atoms with E-state index in [4.69, 9.17) is 9.15 Å². The Morgan fingerprint density at radius 1 is 1.10 bits per heavy atom. The second kappa shape index (κ2) is 11.1. The van der Waals surface area contributed by atoms with Gasteiger partial charge < -0.3 is 25.1 Å². The van der Waals surface area contributed by atoms with Crippen LogP contribution in [0.5, 0.6) is 5.75 Å². The van der Waals surface area contributed by atoms with Crippen LogP contribution in [0.25, 0.3) is 0 Å². The highest BCUT2D eigenvalue weighted by molar-refractivity contribution is 5.83. The first-order valence-electron chi connectivity index (χ1n) is 9.84. The van der Waals surface area contributed by atoms with Gasteiger partial charge in [0.25, 0.3) is 0 Å². The van der Waals surface area contributed by atoms with Gasteiger partial charge in [-0.1, -0.05) is 12.1 Å². The van der Waals surface area contributed by atoms with Gasteiger partial charge in [0.2, 0.25) is 5.91 Å². The van der Waals surface area contributed by atoms with Crippen molar-refractivity contribution in [3.8, 4) is 5.75 Å². The van der Waals surface area contributed by atoms with Crippen molar-refractivity contribution in [2.24, 2.45) is 10.4 Å². The Hall–Kier alpha value is -2.96. The number of ether oxygens (including phenoxy) is 1. The van der Waals surface area contributed by atoms with Crippen molar-refractivity contribution >= 4 is 11.9 Å². The summed E-state index contributed by atoms with van der Waals surface area (Å²) in [4.78, 5) is 16.6. The van der Waals surface area contributed by atoms with Gasteiger partial charge in [-0.2, -0.15) is 0 Å². The van der Waals surface area contributed by atoms with Crippen molar-refractivity contribution < 1.29 is 13.9 Å². The topological polar surface area (TPSA) is 87.9 Å². The minimum atomic E-state index is -0.583. The Kier molecular flexibility index (Phi) is 8.58. The maximum absolute atomic E-state index is 12.0. The highest BCUT2D eigenvalue weighted by Gasteiger charge is 2.26. The average Bonchev–Trinajstić information content (AvgIpc) is 3.25. The molecule has 1 heterocycles. The third-order valence-corrected chi connectivity index (χ3v) is 4.58. The summed E-state index contributed by atoms with van der Waals surface area (Å²) in [5, 5.41) is 9.36. The summed E-state index contributed by atoms with van der Waals surface area (Å²) in [5.41, 5.74) is 0.624. The molecule has 0 atom stereocenters. The molecule has 0 aliphatic heterocycles. The molecule has 0 unspecified atom stereocenters. The zero-order valence-electron chi connectivity index (χ0n) is 17.7. The van der Waals surface area contributed by atoms with E-state index in [1.165, 1.54) is 5.56 Å². The molecule has 0 saturated carbocycles. The molecule has 0 radical (unpaired) electrons. The molecule has 2 aromatic rings. The largest absolute Gasteiger partial charge is 0.497 e. The maximum atomic E-state index is 12.0. The van der Waals surface area contributed by atoms with Crippen LogP contribution in [0.2, 0.25) is 0 Å². The number of nitrogens with zero attached hydrogens (tertiary/aromatic N) is 1. The highest BCUT2D eigenvalue weighted by atomic mass is 16.5. The van der Waals surface area contributed by atoms with Gasteiger partial charge in [0.05, 0.1) is 25.3 Å². The van der Waals surface area contributed by atoms with E-state index >= 15 is 0 Å². The summed E-state index contributed by atoms with van der Waals surface area (Å²) in [7, 11) is 3.30. The molecule has 0 bridgehead atoms. The SMILES string of the molecule is CNC(=O)C(C)(C)CN=C(NCCc1ccc(OC)cc1)NCCc1ccco1. The third-order valence-electron chi connectivity index (χ3n) is 4.58. The quantitative estimate of drug-likeness (QED) is 0.421. The van der Waals surface area contributed by atoms with E-state index in [0.717, 1.165) is 30.9 Å². The molecule has 7 nitrogen and oxygen atoms in total. The van der Waals surface area contributed by atoms with Gasteiger partial charge in [-0.15, -0.1) is 0 Å². The second-order valence-electron chi connectivity index (χ2n) is 7.41. The number of aliphatic imine (C=N–C) groups is 1. The van der Waals surface area contributed by atoms with Crippen molar-refractivity contribution in [3.05, 3.63) is 54.0 Å². The lowest BCUT2D eigenvalue weighted by Crippen LogP contribution is -2.42. The molecular formula is C22H32N4O3. The number of nitrogens with one attached hydrogen (secondary N) is 3. The highest BCUT2D eigenvalue weighted by Crippen LogP contribution is 2.15. The van der Waals surface area contributed by atoms with Gasteiger partial charge in [0.15, 0.2) is 5.96 Å². The van der Waals surface area contributed by atoms with Gasteiger partial charge in [-0.3, -0.25) is 9.79 Å². The minimum absolute atomic E-state index is 0.0329. The van der Waals surface area contributed by atoms with Crippen LogP contribution in [-0.4, -0.2) is 45.7 Å². The van der Waals surface area contributed by atoms with Gasteiger partial charge in [-0.05, 0) is 50.1 Å². The lowest BCUT2D eigenvalue weighted by Gasteiger charge is -2.21. The van der Waals surface area contributed by atoms with Gasteiger partial charge >= 0.3 is 0 Å². The van der Waals surface area contributed by atoms with Gasteiger partial charge in [0.1, 0.15) is 11.5 Å². The van der Waals surface area contributed by atoms with Crippen LogP contribution in [0.3, 0.4) is 0 Å². The Morgan fingerprint density at radius 2 is 1.79 bits per heavy atom. The number of hydrogen-bond donors (Lipinski definition) is 3. The molecule has 7 heteroatoms. The molecule has 1 aromatic carbocycles. The van der Waals surface area contributed by atoms with E-state index in [-0.39, 0.29) is 5.91 Å². The molecule has 1 amide bonds. The van der Waals surface area contributed by atoms with Gasteiger partial charge in [0, 0.05) is 26.6 Å². The number of furan rings is 1. The monoisotopic (exact) mass is 400 g/mol. The average molecular weight is 401 g/mol. The number of rotatable bonds is 10. The Labute approximate surface area is 172 Å². The van der Waals surface area contributed by atoms with Crippen LogP contribution in [-0.2, 0) is 17.6 Å². The van der Waals surface area contributed by atoms with E-state index < -0.39 is 5.41 Å². The molecular weight excluding hydrogens is 368 g/mol. The fourth-order valence-electron chi connectivity index (χ4n) is 2.74. The lowest BCUT2D eigenvalue weighted by molar-refractivity contribution is -0.128. The second-order valence-corrected chi connectivity index (χ2v) is 7.41. The van der Waals surface area contributed by atoms with Crippen molar-refractivity contribution in [2.45, 2.75) is 26.7 Å². The van der Waals surface area contributed by atoms with Crippen molar-refractivity contribution in [3.63, 3.8) is 0 Å². The van der Waals surface area contributed by atoms with Crippen molar-refractivity contribution in [1.82, 2.24) is 16.0 Å². The van der Waals surface area contributed by atoms with Gasteiger partial charge in [-0.25, -0.2) is 0 Å². The molecule has 29 heavy (non-hydrogen) atoms. The number of guanidine groups is 1. The molecule has 0 saturated heterocycles. The summed E-state index contributed by atoms with van der Waals surface area (Å²) in [5.74, 6) is 2.41. The minimum Gasteiger partial charge on any atom is -0.497 e. The Bertz CT molecular complexity index is 768. The van der Waals surface area contributed by atoms with Crippen LogP contribution in [0.15, 0.2) is 52.1 Å². The normalized spacial score (nSPS) is 11.8. The summed E-state index contributed by atoms with van der Waals surface area (Å²) in [6, 6.07) is 11.8. The summed E-state index contributed by atoms with van der Waals surface area (Å²) >= 11 is 0. The number of carbonyl (C=O) groups excluding carboxylic acids is 1. The lowest BCUT2D eigenvalue weighted by atomic mass is 9.93. The zero-order chi connectivity index (χ0) is 21.1. The smallest absolute Gasteiger partial charge is 0.227 e. The maximum Gasteiger partial charge on any atom is 0.227 e. The van der Waals surface area contributed by atoms with Crippen molar-refractivity contribution in [1.29, 1.82) is 0 Å². The first-order valence-corrected chi connectivity index (χ1v) is 9.84. The van der Waals surface area contributed by atoms with E-state index in [1.807, 2.05) is 38.1 Å². The van der Waals surface area contributed by atoms with E-state index in [2.05, 4.69) is 33.1 Å². The van der Waals surface area contributed by atoms with Crippen LogP contribution < -0.4 is 20.7 Å². The van der Waals surface area contributed by atoms with E-state index in [9.17, 15) is 4.79 Å². The molecule has 0 fully saturated rings. The zero-order valence-corrected chi connectivity index (χ0v) is 17.7. The van der Waals surface area contributed by atoms with Crippen LogP contribution in [0, 0.1) is 5.41 Å². The Balaban J connectivity index is 1.92. The van der Waals surface area contributed by atoms with Crippen LogP contribution in [0.4, 0.5) is 0 Å². The molecule has 0 aliphatic rings. The third kappa shape index (κ3) is 7.52. The molecule has 0 aliphatic carbocycles. The van der Waals surface area contributed by atoms with Crippen LogP contribution >= 0.6 is 0 Å². The molecule has 2 rings (SSSR count). The molecule has 158 valence electrons. The number of hydrogen-bond acceptors (Lipinski definition) is 4. The summed E-state index contributed by atoms with van der Waals surface area (Å²) in [6.07, 6.45) is 3.27. The van der Waals surface area contributed by atoms with Crippen LogP contribution in [0.1, 0.15) is 25.2 Å². The standard InChI is InChI=1S/C22H32N4O3/c1-22(2,20(27)23-3)16-26-21(25-14-12-19-6-5-15-29-19)24-13-11-17-7-9-18(28-4)10-8-17/h5-10,15H,11-14,16H2,1-4H3,(H,23,27)(H2,24,25,26). The number of benzene rings is 1. The number of carbonyl (C=O) groups is 1. The Morgan fingerprint density at radius 3 is 2.38 bits per heavy atom. The predicted octanol–water partition coefficient (Wildman–Crippen LogP) is 2.38. The molecule has 1 aromatic heterocycles. The fourth-order valence-corrected chi connectivity index (χ4v) is 2.74. The number of methoxy groups -OCH3 is 1. The summed E-state index contributed by atoms with van der Waals surface area (Å²) < 4.78 is 10.6. The molecule has 3 N–H and O–H groups in total. The summed E-state index contributed by atoms with van der Waals surface area (Å²) in [6.45, 7) is 5.55. The predicted molar refractivity (Wildman–Crippen MR) is 115 cm³/mol. The first-order chi connectivity index (χ1) is 13.9. The van der Waals surface area contributed by atoms with E-state index in [1.54, 1.807) is 20.4 Å². The van der Waals surface area contributed by atoms with E-state index in [0.29, 0.717) is 19.0 Å². The van der Waals surface area contributed by atoms with Crippen molar-refractivity contribution in [2.75, 3.05) is 33.8 Å².